The Morgan fingerprint density at radius 1 is 1.16 bits per heavy atom. The molecule has 0 aromatic heterocycles. The van der Waals surface area contributed by atoms with E-state index < -0.39 is 0 Å². The SMILES string of the molecule is CCCNC1CCCCCCC1N1CCOCC1C. The Labute approximate surface area is 119 Å². The Balaban J connectivity index is 2.00. The van der Waals surface area contributed by atoms with E-state index in [1.165, 1.54) is 51.5 Å². The molecule has 1 heterocycles. The van der Waals surface area contributed by atoms with Gasteiger partial charge >= 0.3 is 0 Å². The predicted octanol–water partition coefficient (Wildman–Crippen LogP) is 2.80. The highest BCUT2D eigenvalue weighted by Gasteiger charge is 2.32. The van der Waals surface area contributed by atoms with Gasteiger partial charge in [0, 0.05) is 24.7 Å². The van der Waals surface area contributed by atoms with E-state index in [-0.39, 0.29) is 0 Å². The highest BCUT2D eigenvalue weighted by molar-refractivity contribution is 4.89. The molecular weight excluding hydrogens is 236 g/mol. The molecule has 3 atom stereocenters. The van der Waals surface area contributed by atoms with Crippen LogP contribution in [0.1, 0.15) is 58.8 Å². The maximum absolute atomic E-state index is 5.61. The summed E-state index contributed by atoms with van der Waals surface area (Å²) in [6, 6.07) is 2.01. The third kappa shape index (κ3) is 4.44. The van der Waals surface area contributed by atoms with Crippen LogP contribution in [0.15, 0.2) is 0 Å². The second-order valence-corrected chi connectivity index (χ2v) is 6.28. The molecule has 0 spiro atoms. The Morgan fingerprint density at radius 3 is 2.68 bits per heavy atom. The normalized spacial score (nSPS) is 34.7. The lowest BCUT2D eigenvalue weighted by atomic mass is 9.90. The molecule has 1 N–H and O–H groups in total. The first-order chi connectivity index (χ1) is 9.33. The molecule has 0 bridgehead atoms. The highest BCUT2D eigenvalue weighted by Crippen LogP contribution is 2.24. The van der Waals surface area contributed by atoms with Crippen LogP contribution in [0.3, 0.4) is 0 Å². The number of ether oxygens (including phenoxy) is 1. The summed E-state index contributed by atoms with van der Waals surface area (Å²) < 4.78 is 5.61. The van der Waals surface area contributed by atoms with Crippen LogP contribution in [0.2, 0.25) is 0 Å². The summed E-state index contributed by atoms with van der Waals surface area (Å²) in [6.07, 6.45) is 9.61. The number of nitrogens with zero attached hydrogens (tertiary/aromatic N) is 1. The van der Waals surface area contributed by atoms with E-state index in [0.29, 0.717) is 12.1 Å². The maximum atomic E-state index is 5.61. The van der Waals surface area contributed by atoms with Crippen molar-refractivity contribution >= 4 is 0 Å². The summed E-state index contributed by atoms with van der Waals surface area (Å²) in [4.78, 5) is 2.72. The van der Waals surface area contributed by atoms with Crippen molar-refractivity contribution in [1.82, 2.24) is 10.2 Å². The van der Waals surface area contributed by atoms with E-state index in [0.717, 1.165) is 25.8 Å². The van der Waals surface area contributed by atoms with E-state index in [4.69, 9.17) is 4.74 Å². The molecule has 2 rings (SSSR count). The zero-order valence-electron chi connectivity index (χ0n) is 12.9. The van der Waals surface area contributed by atoms with Crippen LogP contribution in [0.25, 0.3) is 0 Å². The molecule has 0 radical (unpaired) electrons. The monoisotopic (exact) mass is 268 g/mol. The largest absolute Gasteiger partial charge is 0.379 e. The van der Waals surface area contributed by atoms with Crippen molar-refractivity contribution < 1.29 is 4.74 Å². The second-order valence-electron chi connectivity index (χ2n) is 6.28. The van der Waals surface area contributed by atoms with Crippen LogP contribution < -0.4 is 5.32 Å². The van der Waals surface area contributed by atoms with E-state index in [9.17, 15) is 0 Å². The molecule has 3 heteroatoms. The molecule has 1 saturated carbocycles. The fraction of sp³-hybridized carbons (Fsp3) is 1.00. The Kier molecular flexibility index (Phi) is 6.62. The van der Waals surface area contributed by atoms with Crippen molar-refractivity contribution in [2.24, 2.45) is 0 Å². The first kappa shape index (κ1) is 15.3. The molecule has 3 nitrogen and oxygen atoms in total. The second kappa shape index (κ2) is 8.23. The molecule has 19 heavy (non-hydrogen) atoms. The number of rotatable bonds is 4. The lowest BCUT2D eigenvalue weighted by Crippen LogP contribution is -2.57. The number of hydrogen-bond donors (Lipinski definition) is 1. The van der Waals surface area contributed by atoms with E-state index >= 15 is 0 Å². The highest BCUT2D eigenvalue weighted by atomic mass is 16.5. The van der Waals surface area contributed by atoms with Crippen LogP contribution in [0, 0.1) is 0 Å². The molecule has 0 aromatic rings. The van der Waals surface area contributed by atoms with Gasteiger partial charge in [-0.15, -0.1) is 0 Å². The number of nitrogens with one attached hydrogen (secondary N) is 1. The predicted molar refractivity (Wildman–Crippen MR) is 80.6 cm³/mol. The summed E-state index contributed by atoms with van der Waals surface area (Å²) in [7, 11) is 0. The molecule has 1 saturated heterocycles. The van der Waals surface area contributed by atoms with Crippen LogP contribution in [-0.4, -0.2) is 49.3 Å². The average Bonchev–Trinajstić information content (AvgIpc) is 2.39. The van der Waals surface area contributed by atoms with Gasteiger partial charge in [0.15, 0.2) is 0 Å². The molecular formula is C16H32N2O. The molecule has 1 aliphatic carbocycles. The van der Waals surface area contributed by atoms with Gasteiger partial charge in [0.1, 0.15) is 0 Å². The molecule has 0 aromatic carbocycles. The summed E-state index contributed by atoms with van der Waals surface area (Å²) in [6.45, 7) is 8.71. The minimum absolute atomic E-state index is 0.587. The van der Waals surface area contributed by atoms with E-state index in [1.807, 2.05) is 0 Å². The van der Waals surface area contributed by atoms with E-state index in [1.54, 1.807) is 0 Å². The Hall–Kier alpha value is -0.120. The molecule has 112 valence electrons. The van der Waals surface area contributed by atoms with Gasteiger partial charge in [-0.2, -0.15) is 0 Å². The third-order valence-electron chi connectivity index (χ3n) is 4.73. The summed E-state index contributed by atoms with van der Waals surface area (Å²) in [5.41, 5.74) is 0. The molecule has 1 aliphatic heterocycles. The zero-order valence-corrected chi connectivity index (χ0v) is 12.9. The Bertz CT molecular complexity index is 245. The topological polar surface area (TPSA) is 24.5 Å². The minimum atomic E-state index is 0.587. The number of morpholine rings is 1. The maximum Gasteiger partial charge on any atom is 0.0619 e. The summed E-state index contributed by atoms with van der Waals surface area (Å²) in [5, 5.41) is 3.82. The molecule has 2 aliphatic rings. The summed E-state index contributed by atoms with van der Waals surface area (Å²) in [5.74, 6) is 0. The quantitative estimate of drug-likeness (QED) is 0.848. The van der Waals surface area contributed by atoms with Crippen molar-refractivity contribution in [2.45, 2.75) is 76.9 Å². The average molecular weight is 268 g/mol. The smallest absolute Gasteiger partial charge is 0.0619 e. The van der Waals surface area contributed by atoms with Crippen LogP contribution in [0.5, 0.6) is 0 Å². The standard InChI is InChI=1S/C16H32N2O/c1-3-10-17-15-8-6-4-5-7-9-16(15)18-11-12-19-13-14(18)2/h14-17H,3-13H2,1-2H3. The van der Waals surface area contributed by atoms with Crippen molar-refractivity contribution in [3.05, 3.63) is 0 Å². The van der Waals surface area contributed by atoms with Gasteiger partial charge in [-0.1, -0.05) is 32.6 Å². The van der Waals surface area contributed by atoms with Crippen molar-refractivity contribution in [2.75, 3.05) is 26.3 Å². The molecule has 3 unspecified atom stereocenters. The van der Waals surface area contributed by atoms with Crippen molar-refractivity contribution in [1.29, 1.82) is 0 Å². The van der Waals surface area contributed by atoms with Gasteiger partial charge < -0.3 is 10.1 Å². The van der Waals surface area contributed by atoms with Crippen LogP contribution in [-0.2, 0) is 4.74 Å². The van der Waals surface area contributed by atoms with Crippen LogP contribution in [0.4, 0.5) is 0 Å². The Morgan fingerprint density at radius 2 is 1.95 bits per heavy atom. The van der Waals surface area contributed by atoms with E-state index in [2.05, 4.69) is 24.1 Å². The molecule has 0 amide bonds. The molecule has 2 fully saturated rings. The first-order valence-corrected chi connectivity index (χ1v) is 8.39. The number of hydrogen-bond acceptors (Lipinski definition) is 3. The summed E-state index contributed by atoms with van der Waals surface area (Å²) >= 11 is 0. The van der Waals surface area contributed by atoms with Gasteiger partial charge in [-0.05, 0) is 32.7 Å². The zero-order chi connectivity index (χ0) is 13.5. The first-order valence-electron chi connectivity index (χ1n) is 8.39. The lowest BCUT2D eigenvalue weighted by molar-refractivity contribution is -0.0338. The van der Waals surface area contributed by atoms with Crippen molar-refractivity contribution in [3.63, 3.8) is 0 Å². The minimum Gasteiger partial charge on any atom is -0.379 e. The fourth-order valence-corrected chi connectivity index (χ4v) is 3.66. The fourth-order valence-electron chi connectivity index (χ4n) is 3.66. The van der Waals surface area contributed by atoms with Gasteiger partial charge in [0.25, 0.3) is 0 Å². The van der Waals surface area contributed by atoms with Gasteiger partial charge in [-0.25, -0.2) is 0 Å². The van der Waals surface area contributed by atoms with Gasteiger partial charge in [0.05, 0.1) is 13.2 Å². The third-order valence-corrected chi connectivity index (χ3v) is 4.73. The lowest BCUT2D eigenvalue weighted by Gasteiger charge is -2.44. The van der Waals surface area contributed by atoms with Gasteiger partial charge in [-0.3, -0.25) is 4.90 Å². The van der Waals surface area contributed by atoms with Crippen molar-refractivity contribution in [3.8, 4) is 0 Å². The van der Waals surface area contributed by atoms with Crippen LogP contribution >= 0.6 is 0 Å². The van der Waals surface area contributed by atoms with Gasteiger partial charge in [0.2, 0.25) is 0 Å².